The number of likely N-dealkylation sites (N-methyl/N-ethyl adjacent to an activating group) is 1. The van der Waals surface area contributed by atoms with E-state index >= 15 is 0 Å². The lowest BCUT2D eigenvalue weighted by Gasteiger charge is -2.31. The van der Waals surface area contributed by atoms with E-state index in [2.05, 4.69) is 244 Å². The fourth-order valence-corrected chi connectivity index (χ4v) is 19.4. The van der Waals surface area contributed by atoms with Gasteiger partial charge in [0.25, 0.3) is 0 Å². The van der Waals surface area contributed by atoms with Gasteiger partial charge in [0.05, 0.1) is 53.7 Å². The van der Waals surface area contributed by atoms with Crippen molar-refractivity contribution in [1.29, 1.82) is 0 Å². The molecule has 3 aromatic heterocycles. The number of carbonyl (C=O) groups is 7. The van der Waals surface area contributed by atoms with Crippen LogP contribution in [0, 0.1) is 41.4 Å². The van der Waals surface area contributed by atoms with Crippen molar-refractivity contribution in [1.82, 2.24) is 29.7 Å². The zero-order chi connectivity index (χ0) is 96.0. The summed E-state index contributed by atoms with van der Waals surface area (Å²) in [6, 6.07) is 66.4. The van der Waals surface area contributed by atoms with Gasteiger partial charge < -0.3 is 9.64 Å². The molecule has 131 heavy (non-hydrogen) atoms. The first-order chi connectivity index (χ1) is 61.9. The first-order valence-corrected chi connectivity index (χ1v) is 48.6. The average molecular weight is 1780 g/mol. The third-order valence-corrected chi connectivity index (χ3v) is 27.7. The number of rotatable bonds is 32. The number of likely N-dealkylation sites (tertiary alicyclic amines) is 2. The minimum Gasteiger partial charge on any atom is -0.464 e. The summed E-state index contributed by atoms with van der Waals surface area (Å²) in [5.74, 6) is -1.01. The molecule has 3 aliphatic heterocycles. The topological polar surface area (TPSA) is 180 Å². The zero-order valence-electron chi connectivity index (χ0n) is 83.8. The van der Waals surface area contributed by atoms with Gasteiger partial charge in [-0.25, -0.2) is 0 Å². The van der Waals surface area contributed by atoms with Crippen molar-refractivity contribution in [2.75, 3.05) is 32.1 Å². The molecular formula is C116H155N7O8. The largest absolute Gasteiger partial charge is 0.464 e. The van der Waals surface area contributed by atoms with Crippen molar-refractivity contribution in [2.24, 2.45) is 41.4 Å². The number of hydrogen-bond donors (Lipinski definition) is 0. The van der Waals surface area contributed by atoms with E-state index in [9.17, 15) is 33.6 Å². The summed E-state index contributed by atoms with van der Waals surface area (Å²) >= 11 is 0. The Labute approximate surface area is 787 Å². The predicted molar refractivity (Wildman–Crippen MR) is 535 cm³/mol. The van der Waals surface area contributed by atoms with E-state index in [1.54, 1.807) is 4.90 Å². The van der Waals surface area contributed by atoms with Crippen LogP contribution in [0.3, 0.4) is 0 Å². The fraction of sp³-hybridized carbons (Fsp3) is 0.500. The van der Waals surface area contributed by atoms with Crippen LogP contribution in [-0.4, -0.2) is 104 Å². The van der Waals surface area contributed by atoms with Crippen molar-refractivity contribution in [2.45, 2.75) is 305 Å². The number of pyridine rings is 3. The van der Waals surface area contributed by atoms with Crippen LogP contribution < -0.4 is 4.90 Å². The summed E-state index contributed by atoms with van der Waals surface area (Å²) in [5.41, 5.74) is 15.1. The van der Waals surface area contributed by atoms with Gasteiger partial charge in [0, 0.05) is 49.3 Å². The molecule has 12 rings (SSSR count). The third-order valence-electron chi connectivity index (χ3n) is 27.7. The van der Waals surface area contributed by atoms with E-state index in [0.717, 1.165) is 80.2 Å². The molecule has 6 heterocycles. The number of ether oxygens (including phenoxy) is 1. The van der Waals surface area contributed by atoms with Gasteiger partial charge in [-0.1, -0.05) is 284 Å². The zero-order valence-corrected chi connectivity index (χ0v) is 83.8. The highest BCUT2D eigenvalue weighted by atomic mass is 16.5. The first-order valence-electron chi connectivity index (χ1n) is 48.6. The number of hydrogen-bond acceptors (Lipinski definition) is 12. The molecule has 9 aromatic rings. The number of nitrogens with zero attached hydrogens (tertiary/aromatic N) is 7. The van der Waals surface area contributed by atoms with Crippen LogP contribution in [0.1, 0.15) is 338 Å². The Morgan fingerprint density at radius 3 is 1.04 bits per heavy atom. The average Bonchev–Trinajstić information content (AvgIpc) is 1.62. The van der Waals surface area contributed by atoms with Gasteiger partial charge in [0.2, 0.25) is 35.4 Å². The Morgan fingerprint density at radius 2 is 0.702 bits per heavy atom. The Balaban J connectivity index is 0.000000199. The number of imide groups is 3. The normalized spacial score (nSPS) is 19.2. The molecule has 3 saturated heterocycles. The lowest BCUT2D eigenvalue weighted by molar-refractivity contribution is -0.149. The molecule has 0 spiro atoms. The molecule has 3 aliphatic rings. The summed E-state index contributed by atoms with van der Waals surface area (Å²) < 4.78 is 5.38. The van der Waals surface area contributed by atoms with Gasteiger partial charge in [-0.15, -0.1) is 0 Å². The van der Waals surface area contributed by atoms with Crippen LogP contribution in [0.25, 0.3) is 0 Å². The quantitative estimate of drug-likeness (QED) is 0.0288. The maximum Gasteiger partial charge on any atom is 0.308 e. The van der Waals surface area contributed by atoms with E-state index in [4.69, 9.17) is 4.74 Å². The SMILES string of the molecule is CCC(CC(C)C(=O)OCCN(C)C)c1ccc(C(C)(C)C)cc1.CCC(c1ccc(C(C)(C)C)cc1)C1C(=O)N(C(C)(C)C)C(=O)C1CCC(C)c1ccncc1.CCC(c1ccc(C(C)(C)C)cc1)C1C(=O)N(Cc2ccccc2)C(=O)C1CCC(C)c1ccncc1.CCC(c1ccc(C(C)(C)C)cc1)C1C(=O)N(c2ccccc2)C(=O)C1CCC(C)c1ccncc1. The van der Waals surface area contributed by atoms with Gasteiger partial charge in [0.15, 0.2) is 0 Å². The van der Waals surface area contributed by atoms with Crippen LogP contribution in [0.2, 0.25) is 0 Å². The lowest BCUT2D eigenvalue weighted by atomic mass is 9.74. The van der Waals surface area contributed by atoms with Crippen molar-refractivity contribution < 1.29 is 38.3 Å². The summed E-state index contributed by atoms with van der Waals surface area (Å²) in [5, 5.41) is 0. The van der Waals surface area contributed by atoms with Gasteiger partial charge in [-0.3, -0.25) is 63.2 Å². The molecule has 6 aromatic carbocycles. The smallest absolute Gasteiger partial charge is 0.308 e. The van der Waals surface area contributed by atoms with Crippen molar-refractivity contribution >= 4 is 47.1 Å². The van der Waals surface area contributed by atoms with E-state index in [0.29, 0.717) is 55.9 Å². The molecule has 14 unspecified atom stereocenters. The van der Waals surface area contributed by atoms with Crippen LogP contribution in [-0.2, 0) is 66.5 Å². The molecule has 0 saturated carbocycles. The second kappa shape index (κ2) is 46.8. The molecule has 15 nitrogen and oxygen atoms in total. The van der Waals surface area contributed by atoms with Crippen molar-refractivity contribution in [3.05, 3.63) is 298 Å². The van der Waals surface area contributed by atoms with E-state index in [1.807, 2.05) is 181 Å². The Morgan fingerprint density at radius 1 is 0.374 bits per heavy atom. The highest BCUT2D eigenvalue weighted by molar-refractivity contribution is 6.22. The van der Waals surface area contributed by atoms with Gasteiger partial charge in [-0.2, -0.15) is 0 Å². The molecular weight excluding hydrogens is 1620 g/mol. The Bertz CT molecular complexity index is 5090. The monoisotopic (exact) mass is 1770 g/mol. The molecule has 0 radical (unpaired) electrons. The fourth-order valence-electron chi connectivity index (χ4n) is 19.4. The summed E-state index contributed by atoms with van der Waals surface area (Å²) in [7, 11) is 3.96. The Hall–Kier alpha value is -10.4. The second-order valence-electron chi connectivity index (χ2n) is 42.7. The molecule has 6 amide bonds. The van der Waals surface area contributed by atoms with Crippen LogP contribution in [0.15, 0.2) is 231 Å². The van der Waals surface area contributed by atoms with Crippen LogP contribution in [0.5, 0.6) is 0 Å². The van der Waals surface area contributed by atoms with Crippen LogP contribution >= 0.6 is 0 Å². The predicted octanol–water partition coefficient (Wildman–Crippen LogP) is 26.0. The minimum atomic E-state index is -0.522. The summed E-state index contributed by atoms with van der Waals surface area (Å²) in [6.07, 6.45) is 19.8. The molecule has 0 N–H and O–H groups in total. The van der Waals surface area contributed by atoms with Crippen molar-refractivity contribution in [3.8, 4) is 0 Å². The lowest BCUT2D eigenvalue weighted by Crippen LogP contribution is -2.46. The number of amides is 6. The number of esters is 1. The minimum absolute atomic E-state index is 0.00538. The number of benzene rings is 6. The maximum absolute atomic E-state index is 13.9. The molecule has 0 aliphatic carbocycles. The molecule has 15 heteroatoms. The second-order valence-corrected chi connectivity index (χ2v) is 42.7. The maximum atomic E-state index is 13.9. The number of para-hydroxylation sites is 1. The first kappa shape index (κ1) is 104. The summed E-state index contributed by atoms with van der Waals surface area (Å²) in [6.45, 7) is 51.1. The Kier molecular flexibility index (Phi) is 37.3. The standard InChI is InChI=1S/C33H40N2O2.C32H38N2O2.C30H42N2O2.C21H35NO2/c1-6-28(26-13-15-27(16-14-26)33(3,4)5)30-29(17-12-23(2)25-18-20-34-21-19-25)31(36)35(32(30)37)22-24-10-8-7-9-11-24;1-6-27(24-13-15-25(16-14-24)32(3,4)5)29-28(17-12-22(2)23-18-20-33-21-19-23)30(35)34(31(29)36)26-10-8-7-9-11-26;1-9-24(22-11-13-23(14-12-22)29(3,4)5)26-25(27(33)32(28(26)34)30(6,7)8)15-10-20(2)21-16-18-31-19-17-21;1-8-17(15-16(2)20(23)24-14-13-22(6)7)18-9-11-19(12-10-18)21(3,4)5/h7-11,13-16,18-21,23,28-30H,6,12,17,22H2,1-5H3;7-11,13-16,18-22,27-29H,6,12,17H2,1-5H3;11-14,16-20,24-26H,9-10,15H2,1-8H3;9-12,16-17H,8,13-15H2,1-7H3. The van der Waals surface area contributed by atoms with Gasteiger partial charge in [-0.05, 0) is 284 Å². The summed E-state index contributed by atoms with van der Waals surface area (Å²) in [4.78, 5) is 114. The van der Waals surface area contributed by atoms with E-state index in [-0.39, 0.29) is 128 Å². The van der Waals surface area contributed by atoms with E-state index in [1.165, 1.54) is 54.3 Å². The molecule has 14 atom stereocenters. The highest BCUT2D eigenvalue weighted by Crippen LogP contribution is 2.49. The number of anilines is 1. The third kappa shape index (κ3) is 27.7. The highest BCUT2D eigenvalue weighted by Gasteiger charge is 2.55. The van der Waals surface area contributed by atoms with Gasteiger partial charge in [0.1, 0.15) is 6.61 Å². The molecule has 702 valence electrons. The number of carbonyl (C=O) groups excluding carboxylic acids is 7. The van der Waals surface area contributed by atoms with Crippen molar-refractivity contribution in [3.63, 3.8) is 0 Å². The number of aromatic nitrogens is 3. The van der Waals surface area contributed by atoms with Crippen LogP contribution in [0.4, 0.5) is 5.69 Å². The molecule has 0 bridgehead atoms. The van der Waals surface area contributed by atoms with Gasteiger partial charge >= 0.3 is 5.97 Å². The van der Waals surface area contributed by atoms with E-state index < -0.39 is 5.54 Å². The molecule has 3 fully saturated rings.